The number of benzene rings is 2. The van der Waals surface area contributed by atoms with Crippen molar-refractivity contribution in [3.05, 3.63) is 68.7 Å². The van der Waals surface area contributed by atoms with Crippen LogP contribution in [0.2, 0.25) is 5.02 Å². The SMILES string of the molecule is O=C(c1ccccc1)c1cc(Br)c(C=S)cc1Cl. The lowest BCUT2D eigenvalue weighted by Crippen LogP contribution is -2.03. The van der Waals surface area contributed by atoms with Gasteiger partial charge in [0.15, 0.2) is 5.78 Å². The summed E-state index contributed by atoms with van der Waals surface area (Å²) in [5, 5.41) is 1.93. The standard InChI is InChI=1S/C14H8BrClOS/c15-12-7-11(13(16)6-10(12)8-18)14(17)9-4-2-1-3-5-9/h1-8H. The summed E-state index contributed by atoms with van der Waals surface area (Å²) >= 11 is 14.4. The number of ketones is 1. The monoisotopic (exact) mass is 338 g/mol. The third kappa shape index (κ3) is 2.69. The van der Waals surface area contributed by atoms with E-state index in [9.17, 15) is 4.79 Å². The van der Waals surface area contributed by atoms with Crippen LogP contribution in [0.1, 0.15) is 21.5 Å². The Morgan fingerprint density at radius 3 is 2.50 bits per heavy atom. The second-order valence-corrected chi connectivity index (χ2v) is 5.16. The van der Waals surface area contributed by atoms with Crippen LogP contribution in [0.15, 0.2) is 46.9 Å². The van der Waals surface area contributed by atoms with Gasteiger partial charge in [-0.25, -0.2) is 0 Å². The fourth-order valence-corrected chi connectivity index (χ4v) is 2.63. The molecule has 0 unspecified atom stereocenters. The lowest BCUT2D eigenvalue weighted by atomic mass is 10.0. The molecule has 0 atom stereocenters. The van der Waals surface area contributed by atoms with Gasteiger partial charge >= 0.3 is 0 Å². The molecule has 0 aromatic heterocycles. The number of carbonyl (C=O) groups excluding carboxylic acids is 1. The minimum absolute atomic E-state index is 0.0998. The zero-order chi connectivity index (χ0) is 13.1. The van der Waals surface area contributed by atoms with Crippen LogP contribution in [0.25, 0.3) is 0 Å². The molecule has 0 heterocycles. The Kier molecular flexibility index (Phi) is 4.27. The van der Waals surface area contributed by atoms with E-state index in [2.05, 4.69) is 15.9 Å². The first kappa shape index (κ1) is 13.4. The summed E-state index contributed by atoms with van der Waals surface area (Å²) in [6, 6.07) is 12.4. The van der Waals surface area contributed by atoms with Crippen molar-refractivity contribution in [3.8, 4) is 0 Å². The van der Waals surface area contributed by atoms with Gasteiger partial charge < -0.3 is 0 Å². The zero-order valence-electron chi connectivity index (χ0n) is 9.19. The molecule has 18 heavy (non-hydrogen) atoms. The Labute approximate surface area is 124 Å². The van der Waals surface area contributed by atoms with Crippen LogP contribution in [0.4, 0.5) is 0 Å². The fraction of sp³-hybridized carbons (Fsp3) is 0. The van der Waals surface area contributed by atoms with Gasteiger partial charge in [-0.2, -0.15) is 0 Å². The van der Waals surface area contributed by atoms with Crippen molar-refractivity contribution in [2.45, 2.75) is 0 Å². The zero-order valence-corrected chi connectivity index (χ0v) is 12.3. The van der Waals surface area contributed by atoms with Crippen LogP contribution in [0.3, 0.4) is 0 Å². The van der Waals surface area contributed by atoms with Crippen molar-refractivity contribution >= 4 is 50.9 Å². The molecule has 1 nitrogen and oxygen atoms in total. The average molecular weight is 340 g/mol. The molecule has 0 fully saturated rings. The second kappa shape index (κ2) is 5.74. The highest BCUT2D eigenvalue weighted by Gasteiger charge is 2.14. The molecular weight excluding hydrogens is 332 g/mol. The maximum Gasteiger partial charge on any atom is 0.194 e. The van der Waals surface area contributed by atoms with Gasteiger partial charge in [-0.1, -0.05) is 70.1 Å². The Hall–Kier alpha value is -1.03. The van der Waals surface area contributed by atoms with E-state index in [0.717, 1.165) is 10.0 Å². The van der Waals surface area contributed by atoms with E-state index in [1.165, 1.54) is 5.37 Å². The minimum Gasteiger partial charge on any atom is -0.289 e. The van der Waals surface area contributed by atoms with Crippen molar-refractivity contribution in [1.29, 1.82) is 0 Å². The van der Waals surface area contributed by atoms with Crippen molar-refractivity contribution in [2.24, 2.45) is 0 Å². The number of thiocarbonyl (C=S) groups is 1. The molecule has 2 aromatic carbocycles. The molecule has 0 N–H and O–H groups in total. The third-order valence-electron chi connectivity index (χ3n) is 2.49. The Morgan fingerprint density at radius 2 is 1.89 bits per heavy atom. The van der Waals surface area contributed by atoms with Gasteiger partial charge in [-0.3, -0.25) is 4.79 Å². The van der Waals surface area contributed by atoms with E-state index in [0.29, 0.717) is 16.1 Å². The molecule has 2 rings (SSSR count). The van der Waals surface area contributed by atoms with Crippen LogP contribution in [0, 0.1) is 0 Å². The van der Waals surface area contributed by atoms with E-state index in [1.807, 2.05) is 18.2 Å². The molecule has 0 bridgehead atoms. The van der Waals surface area contributed by atoms with Gasteiger partial charge in [-0.15, -0.1) is 0 Å². The average Bonchev–Trinajstić information content (AvgIpc) is 2.41. The van der Waals surface area contributed by atoms with Gasteiger partial charge in [0.1, 0.15) is 0 Å². The molecule has 0 spiro atoms. The number of rotatable bonds is 3. The minimum atomic E-state index is -0.0998. The first-order valence-electron chi connectivity index (χ1n) is 5.17. The van der Waals surface area contributed by atoms with Crippen LogP contribution in [0.5, 0.6) is 0 Å². The Bertz CT molecular complexity index is 611. The summed E-state index contributed by atoms with van der Waals surface area (Å²) in [5.41, 5.74) is 1.87. The molecule has 0 saturated heterocycles. The maximum absolute atomic E-state index is 12.3. The highest BCUT2D eigenvalue weighted by atomic mass is 79.9. The molecule has 0 saturated carbocycles. The molecule has 2 aromatic rings. The topological polar surface area (TPSA) is 17.1 Å². The van der Waals surface area contributed by atoms with E-state index in [1.54, 1.807) is 24.3 Å². The van der Waals surface area contributed by atoms with Crippen LogP contribution >= 0.6 is 39.7 Å². The molecule has 0 amide bonds. The summed E-state index contributed by atoms with van der Waals surface area (Å²) in [6.45, 7) is 0. The summed E-state index contributed by atoms with van der Waals surface area (Å²) < 4.78 is 0.765. The number of hydrogen-bond donors (Lipinski definition) is 0. The third-order valence-corrected chi connectivity index (χ3v) is 3.75. The second-order valence-electron chi connectivity index (χ2n) is 3.67. The maximum atomic E-state index is 12.3. The number of carbonyl (C=O) groups is 1. The van der Waals surface area contributed by atoms with Gasteiger partial charge in [0, 0.05) is 26.5 Å². The predicted octanol–water partition coefficient (Wildman–Crippen LogP) is 4.68. The van der Waals surface area contributed by atoms with E-state index >= 15 is 0 Å². The van der Waals surface area contributed by atoms with Crippen molar-refractivity contribution in [3.63, 3.8) is 0 Å². The van der Waals surface area contributed by atoms with Crippen LogP contribution < -0.4 is 0 Å². The fourth-order valence-electron chi connectivity index (χ4n) is 1.57. The summed E-state index contributed by atoms with van der Waals surface area (Å²) in [7, 11) is 0. The predicted molar refractivity (Wildman–Crippen MR) is 81.8 cm³/mol. The number of hydrogen-bond acceptors (Lipinski definition) is 2. The Balaban J connectivity index is 2.49. The Morgan fingerprint density at radius 1 is 1.22 bits per heavy atom. The first-order valence-corrected chi connectivity index (χ1v) is 6.81. The molecule has 90 valence electrons. The van der Waals surface area contributed by atoms with Gasteiger partial charge in [0.05, 0.1) is 5.02 Å². The molecule has 0 aliphatic rings. The van der Waals surface area contributed by atoms with Gasteiger partial charge in [-0.05, 0) is 12.1 Å². The lowest BCUT2D eigenvalue weighted by molar-refractivity contribution is 0.103. The van der Waals surface area contributed by atoms with E-state index < -0.39 is 0 Å². The highest BCUT2D eigenvalue weighted by molar-refractivity contribution is 9.10. The van der Waals surface area contributed by atoms with Crippen molar-refractivity contribution < 1.29 is 4.79 Å². The van der Waals surface area contributed by atoms with Crippen molar-refractivity contribution in [1.82, 2.24) is 0 Å². The molecule has 0 aliphatic heterocycles. The number of halogens is 2. The summed E-state index contributed by atoms with van der Waals surface area (Å²) in [5.74, 6) is -0.0998. The summed E-state index contributed by atoms with van der Waals surface area (Å²) in [4.78, 5) is 12.3. The van der Waals surface area contributed by atoms with E-state index in [-0.39, 0.29) is 5.78 Å². The van der Waals surface area contributed by atoms with Crippen molar-refractivity contribution in [2.75, 3.05) is 0 Å². The van der Waals surface area contributed by atoms with Gasteiger partial charge in [0.2, 0.25) is 0 Å². The smallest absolute Gasteiger partial charge is 0.194 e. The normalized spacial score (nSPS) is 10.1. The first-order chi connectivity index (χ1) is 8.63. The van der Waals surface area contributed by atoms with Crippen LogP contribution in [-0.2, 0) is 0 Å². The quantitative estimate of drug-likeness (QED) is 0.596. The molecule has 0 aliphatic carbocycles. The van der Waals surface area contributed by atoms with Gasteiger partial charge in [0.25, 0.3) is 0 Å². The largest absolute Gasteiger partial charge is 0.289 e. The molecule has 0 radical (unpaired) electrons. The van der Waals surface area contributed by atoms with E-state index in [4.69, 9.17) is 23.8 Å². The lowest BCUT2D eigenvalue weighted by Gasteiger charge is -2.06. The highest BCUT2D eigenvalue weighted by Crippen LogP contribution is 2.26. The molecular formula is C14H8BrClOS. The molecule has 4 heteroatoms. The summed E-state index contributed by atoms with van der Waals surface area (Å²) in [6.07, 6.45) is 0. The van der Waals surface area contributed by atoms with Crippen LogP contribution in [-0.4, -0.2) is 11.2 Å².